The Morgan fingerprint density at radius 2 is 1.89 bits per heavy atom. The lowest BCUT2D eigenvalue weighted by molar-refractivity contribution is -0.147. The number of aryl methyl sites for hydroxylation is 1. The number of anilines is 1. The van der Waals surface area contributed by atoms with Gasteiger partial charge in [0, 0.05) is 12.2 Å². The lowest BCUT2D eigenvalue weighted by Crippen LogP contribution is -2.27. The van der Waals surface area contributed by atoms with E-state index in [0.717, 1.165) is 19.3 Å². The quantitative estimate of drug-likeness (QED) is 0.625. The van der Waals surface area contributed by atoms with Crippen LogP contribution in [0.2, 0.25) is 0 Å². The molecule has 0 saturated carbocycles. The predicted octanol–water partition coefficient (Wildman–Crippen LogP) is 2.92. The summed E-state index contributed by atoms with van der Waals surface area (Å²) in [4.78, 5) is 35.1. The van der Waals surface area contributed by atoms with E-state index < -0.39 is 17.8 Å². The van der Waals surface area contributed by atoms with E-state index in [9.17, 15) is 14.4 Å². The van der Waals surface area contributed by atoms with Gasteiger partial charge in [0.15, 0.2) is 12.4 Å². The number of hydrogen-bond acceptors (Lipinski definition) is 5. The molecule has 2 amide bonds. The van der Waals surface area contributed by atoms with Crippen molar-refractivity contribution in [1.29, 1.82) is 0 Å². The molecule has 0 aliphatic carbocycles. The molecule has 0 aliphatic rings. The van der Waals surface area contributed by atoms with Gasteiger partial charge < -0.3 is 19.8 Å². The highest BCUT2D eigenvalue weighted by Gasteiger charge is 2.11. The highest BCUT2D eigenvalue weighted by molar-refractivity contribution is 5.93. The third-order valence-electron chi connectivity index (χ3n) is 3.78. The molecule has 0 bridgehead atoms. The van der Waals surface area contributed by atoms with Crippen molar-refractivity contribution < 1.29 is 23.5 Å². The second kappa shape index (κ2) is 10.8. The molecule has 0 saturated heterocycles. The average Bonchev–Trinajstić information content (AvgIpc) is 3.21. The molecule has 2 N–H and O–H groups in total. The minimum absolute atomic E-state index is 0.0359. The minimum atomic E-state index is -0.570. The summed E-state index contributed by atoms with van der Waals surface area (Å²) in [7, 11) is 0. The zero-order chi connectivity index (χ0) is 19.5. The Kier molecular flexibility index (Phi) is 8.09. The van der Waals surface area contributed by atoms with E-state index >= 15 is 0 Å². The fraction of sp³-hybridized carbons (Fsp3) is 0.350. The van der Waals surface area contributed by atoms with Crippen LogP contribution in [0, 0.1) is 0 Å². The van der Waals surface area contributed by atoms with Crippen LogP contribution in [0.25, 0.3) is 0 Å². The van der Waals surface area contributed by atoms with Gasteiger partial charge in [0.2, 0.25) is 0 Å². The molecule has 7 nitrogen and oxygen atoms in total. The lowest BCUT2D eigenvalue weighted by atomic mass is 10.1. The normalized spacial score (nSPS) is 10.3. The Morgan fingerprint density at radius 3 is 2.56 bits per heavy atom. The molecule has 144 valence electrons. The van der Waals surface area contributed by atoms with E-state index in [-0.39, 0.29) is 25.3 Å². The van der Waals surface area contributed by atoms with E-state index in [2.05, 4.69) is 17.6 Å². The van der Waals surface area contributed by atoms with Crippen molar-refractivity contribution in [3.05, 3.63) is 54.0 Å². The molecule has 0 radical (unpaired) electrons. The number of furan rings is 1. The lowest BCUT2D eigenvalue weighted by Gasteiger charge is -2.08. The summed E-state index contributed by atoms with van der Waals surface area (Å²) in [5, 5.41) is 5.20. The van der Waals surface area contributed by atoms with Crippen molar-refractivity contribution >= 4 is 23.5 Å². The van der Waals surface area contributed by atoms with Crippen molar-refractivity contribution in [2.45, 2.75) is 32.6 Å². The zero-order valence-corrected chi connectivity index (χ0v) is 15.3. The Bertz CT molecular complexity index is 738. The number of esters is 1. The first kappa shape index (κ1) is 20.2. The van der Waals surface area contributed by atoms with Gasteiger partial charge in [-0.15, -0.1) is 0 Å². The summed E-state index contributed by atoms with van der Waals surface area (Å²) in [6.07, 6.45) is 4.63. The van der Waals surface area contributed by atoms with Gasteiger partial charge in [0.1, 0.15) is 0 Å². The first-order chi connectivity index (χ1) is 13.1. The summed E-state index contributed by atoms with van der Waals surface area (Å²) in [6, 6.07) is 10.7. The van der Waals surface area contributed by atoms with E-state index in [4.69, 9.17) is 9.15 Å². The van der Waals surface area contributed by atoms with Crippen molar-refractivity contribution in [3.8, 4) is 0 Å². The first-order valence-electron chi connectivity index (χ1n) is 8.94. The van der Waals surface area contributed by atoms with Crippen LogP contribution in [0.3, 0.4) is 0 Å². The van der Waals surface area contributed by atoms with Crippen molar-refractivity contribution in [3.63, 3.8) is 0 Å². The molecule has 0 unspecified atom stereocenters. The van der Waals surface area contributed by atoms with Crippen LogP contribution in [-0.4, -0.2) is 30.9 Å². The van der Waals surface area contributed by atoms with Crippen LogP contribution in [-0.2, 0) is 20.7 Å². The zero-order valence-electron chi connectivity index (χ0n) is 15.3. The van der Waals surface area contributed by atoms with Gasteiger partial charge >= 0.3 is 5.97 Å². The summed E-state index contributed by atoms with van der Waals surface area (Å²) in [5.74, 6) is -1.22. The summed E-state index contributed by atoms with van der Waals surface area (Å²) >= 11 is 0. The number of benzene rings is 1. The second-order valence-electron chi connectivity index (χ2n) is 5.99. The number of hydrogen-bond donors (Lipinski definition) is 2. The number of ether oxygens (including phenoxy) is 1. The van der Waals surface area contributed by atoms with E-state index in [1.54, 1.807) is 6.07 Å². The molecule has 1 aromatic carbocycles. The van der Waals surface area contributed by atoms with Crippen LogP contribution in [0.5, 0.6) is 0 Å². The van der Waals surface area contributed by atoms with Gasteiger partial charge in [0.05, 0.1) is 12.7 Å². The highest BCUT2D eigenvalue weighted by atomic mass is 16.5. The molecular formula is C20H24N2O5. The molecule has 7 heteroatoms. The molecule has 27 heavy (non-hydrogen) atoms. The van der Waals surface area contributed by atoms with Crippen LogP contribution < -0.4 is 10.6 Å². The van der Waals surface area contributed by atoms with Crippen LogP contribution >= 0.6 is 0 Å². The fourth-order valence-corrected chi connectivity index (χ4v) is 2.32. The van der Waals surface area contributed by atoms with E-state index in [1.807, 2.05) is 24.3 Å². The summed E-state index contributed by atoms with van der Waals surface area (Å²) in [5.41, 5.74) is 1.87. The van der Waals surface area contributed by atoms with Gasteiger partial charge in [0.25, 0.3) is 11.8 Å². The van der Waals surface area contributed by atoms with Crippen LogP contribution in [0.15, 0.2) is 47.1 Å². The SMILES string of the molecule is CCCCc1ccc(NC(=O)COC(=O)CCNC(=O)c2ccco2)cc1. The van der Waals surface area contributed by atoms with Gasteiger partial charge in [-0.25, -0.2) is 0 Å². The third-order valence-corrected chi connectivity index (χ3v) is 3.78. The van der Waals surface area contributed by atoms with Gasteiger partial charge in [-0.1, -0.05) is 25.5 Å². The monoisotopic (exact) mass is 372 g/mol. The number of carbonyl (C=O) groups excluding carboxylic acids is 3. The Balaban J connectivity index is 1.63. The van der Waals surface area contributed by atoms with Crippen LogP contribution in [0.4, 0.5) is 5.69 Å². The highest BCUT2D eigenvalue weighted by Crippen LogP contribution is 2.11. The molecular weight excluding hydrogens is 348 g/mol. The van der Waals surface area contributed by atoms with Gasteiger partial charge in [-0.05, 0) is 42.7 Å². The van der Waals surface area contributed by atoms with E-state index in [0.29, 0.717) is 5.69 Å². The first-order valence-corrected chi connectivity index (χ1v) is 8.94. The molecule has 1 heterocycles. The fourth-order valence-electron chi connectivity index (χ4n) is 2.32. The molecule has 2 aromatic rings. The minimum Gasteiger partial charge on any atom is -0.459 e. The van der Waals surface area contributed by atoms with Gasteiger partial charge in [-0.2, -0.15) is 0 Å². The summed E-state index contributed by atoms with van der Waals surface area (Å²) in [6.45, 7) is 1.87. The van der Waals surface area contributed by atoms with E-state index in [1.165, 1.54) is 17.9 Å². The number of unbranched alkanes of at least 4 members (excludes halogenated alkanes) is 1. The summed E-state index contributed by atoms with van der Waals surface area (Å²) < 4.78 is 9.83. The molecule has 0 fully saturated rings. The third kappa shape index (κ3) is 7.35. The molecule has 0 aliphatic heterocycles. The van der Waals surface area contributed by atoms with Crippen LogP contribution in [0.1, 0.15) is 42.3 Å². The van der Waals surface area contributed by atoms with Crippen molar-refractivity contribution in [2.24, 2.45) is 0 Å². The predicted molar refractivity (Wildman–Crippen MR) is 100 cm³/mol. The second-order valence-corrected chi connectivity index (χ2v) is 5.99. The smallest absolute Gasteiger partial charge is 0.308 e. The maximum Gasteiger partial charge on any atom is 0.308 e. The standard InChI is InChI=1S/C20H24N2O5/c1-2-3-5-15-7-9-16(10-8-15)22-18(23)14-27-19(24)11-12-21-20(25)17-6-4-13-26-17/h4,6-10,13H,2-3,5,11-12,14H2,1H3,(H,21,25)(H,22,23). The maximum atomic E-state index is 11.8. The number of amides is 2. The van der Waals surface area contributed by atoms with Crippen molar-refractivity contribution in [2.75, 3.05) is 18.5 Å². The average molecular weight is 372 g/mol. The molecule has 1 aromatic heterocycles. The number of carbonyl (C=O) groups is 3. The largest absolute Gasteiger partial charge is 0.459 e. The Labute approximate surface area is 158 Å². The molecule has 2 rings (SSSR count). The Hall–Kier alpha value is -3.09. The molecule has 0 spiro atoms. The Morgan fingerprint density at radius 1 is 1.11 bits per heavy atom. The maximum absolute atomic E-state index is 11.8. The number of rotatable bonds is 10. The molecule has 0 atom stereocenters. The topological polar surface area (TPSA) is 97.6 Å². The number of nitrogens with one attached hydrogen (secondary N) is 2. The van der Waals surface area contributed by atoms with Gasteiger partial charge in [-0.3, -0.25) is 14.4 Å². The van der Waals surface area contributed by atoms with Crippen molar-refractivity contribution in [1.82, 2.24) is 5.32 Å².